The largest absolute Gasteiger partial charge is 0.493 e. The molecule has 1 heterocycles. The van der Waals surface area contributed by atoms with Gasteiger partial charge < -0.3 is 19.7 Å². The molecule has 2 aromatic carbocycles. The maximum atomic E-state index is 12.8. The number of alkyl halides is 2. The topological polar surface area (TPSA) is 54.0 Å². The maximum absolute atomic E-state index is 12.8. The molecule has 0 radical (unpaired) electrons. The Labute approximate surface area is 175 Å². The van der Waals surface area contributed by atoms with E-state index in [-0.39, 0.29) is 17.4 Å². The summed E-state index contributed by atoms with van der Waals surface area (Å²) >= 11 is 0. The van der Waals surface area contributed by atoms with Crippen LogP contribution in [0.25, 0.3) is 0 Å². The van der Waals surface area contributed by atoms with Gasteiger partial charge in [-0.3, -0.25) is 9.69 Å². The van der Waals surface area contributed by atoms with Gasteiger partial charge in [0.1, 0.15) is 6.04 Å². The highest BCUT2D eigenvalue weighted by atomic mass is 19.3. The van der Waals surface area contributed by atoms with Crippen LogP contribution in [0.4, 0.5) is 14.5 Å². The van der Waals surface area contributed by atoms with Gasteiger partial charge in [0.05, 0.1) is 7.11 Å². The predicted molar refractivity (Wildman–Crippen MR) is 111 cm³/mol. The number of hydrogen-bond acceptors (Lipinski definition) is 5. The fraction of sp³-hybridized carbons (Fsp3) is 0.409. The summed E-state index contributed by atoms with van der Waals surface area (Å²) in [4.78, 5) is 17.0. The Morgan fingerprint density at radius 1 is 1.07 bits per heavy atom. The molecule has 1 amide bonds. The van der Waals surface area contributed by atoms with Gasteiger partial charge in [-0.1, -0.05) is 30.3 Å². The van der Waals surface area contributed by atoms with Crippen LogP contribution >= 0.6 is 0 Å². The number of carbonyl (C=O) groups is 1. The summed E-state index contributed by atoms with van der Waals surface area (Å²) in [7, 11) is 1.38. The van der Waals surface area contributed by atoms with Crippen LogP contribution in [0.2, 0.25) is 0 Å². The minimum Gasteiger partial charge on any atom is -0.493 e. The van der Waals surface area contributed by atoms with E-state index in [1.807, 2.05) is 23.1 Å². The van der Waals surface area contributed by atoms with Crippen molar-refractivity contribution in [3.05, 3.63) is 54.1 Å². The summed E-state index contributed by atoms with van der Waals surface area (Å²) in [6.07, 6.45) is 0. The zero-order valence-electron chi connectivity index (χ0n) is 17.2. The summed E-state index contributed by atoms with van der Waals surface area (Å²) in [6, 6.07) is 14.4. The summed E-state index contributed by atoms with van der Waals surface area (Å²) in [5.74, 6) is 0.0996. The Morgan fingerprint density at radius 3 is 2.40 bits per heavy atom. The van der Waals surface area contributed by atoms with Gasteiger partial charge in [0.2, 0.25) is 5.91 Å². The van der Waals surface area contributed by atoms with Crippen molar-refractivity contribution in [1.29, 1.82) is 0 Å². The van der Waals surface area contributed by atoms with E-state index in [9.17, 15) is 13.6 Å². The maximum Gasteiger partial charge on any atom is 0.387 e. The van der Waals surface area contributed by atoms with E-state index < -0.39 is 12.7 Å². The third-order valence-electron chi connectivity index (χ3n) is 5.07. The number of hydrogen-bond donors (Lipinski definition) is 1. The van der Waals surface area contributed by atoms with E-state index in [2.05, 4.69) is 27.1 Å². The van der Waals surface area contributed by atoms with Gasteiger partial charge in [-0.05, 0) is 24.6 Å². The van der Waals surface area contributed by atoms with Gasteiger partial charge in [-0.15, -0.1) is 0 Å². The number of anilines is 1. The summed E-state index contributed by atoms with van der Waals surface area (Å²) in [5.41, 5.74) is 1.77. The molecule has 1 saturated heterocycles. The van der Waals surface area contributed by atoms with Crippen molar-refractivity contribution in [2.75, 3.05) is 38.6 Å². The van der Waals surface area contributed by atoms with Gasteiger partial charge in [-0.25, -0.2) is 0 Å². The monoisotopic (exact) mass is 419 g/mol. The van der Waals surface area contributed by atoms with Gasteiger partial charge in [-0.2, -0.15) is 8.78 Å². The molecule has 1 aliphatic heterocycles. The standard InChI is InChI=1S/C22H27F2N3O3/c1-16(25-18-8-9-19(29-2)20(14-18)30-22(23)24)21(28)27-12-10-26(11-13-27)15-17-6-4-3-5-7-17/h3-9,14,16,22,25H,10-13,15H2,1-2H3/t16-/m1/s1. The van der Waals surface area contributed by atoms with Gasteiger partial charge >= 0.3 is 6.61 Å². The van der Waals surface area contributed by atoms with E-state index in [0.29, 0.717) is 18.8 Å². The van der Waals surface area contributed by atoms with Crippen LogP contribution in [-0.4, -0.2) is 61.6 Å². The molecular weight excluding hydrogens is 392 g/mol. The molecule has 1 N–H and O–H groups in total. The molecule has 0 aliphatic carbocycles. The summed E-state index contributed by atoms with van der Waals surface area (Å²) < 4.78 is 34.7. The molecule has 6 nitrogen and oxygen atoms in total. The molecule has 1 fully saturated rings. The number of carbonyl (C=O) groups excluding carboxylic acids is 1. The second-order valence-electron chi connectivity index (χ2n) is 7.20. The first-order valence-electron chi connectivity index (χ1n) is 9.90. The van der Waals surface area contributed by atoms with Gasteiger partial charge in [0, 0.05) is 44.5 Å². The van der Waals surface area contributed by atoms with Crippen LogP contribution in [0, 0.1) is 0 Å². The van der Waals surface area contributed by atoms with Crippen molar-refractivity contribution in [2.24, 2.45) is 0 Å². The van der Waals surface area contributed by atoms with Crippen LogP contribution in [0.15, 0.2) is 48.5 Å². The molecule has 0 unspecified atom stereocenters. The molecule has 1 aliphatic rings. The fourth-order valence-electron chi connectivity index (χ4n) is 3.51. The Bertz CT molecular complexity index is 828. The average molecular weight is 419 g/mol. The van der Waals surface area contributed by atoms with E-state index in [0.717, 1.165) is 19.6 Å². The third kappa shape index (κ3) is 5.82. The van der Waals surface area contributed by atoms with Crippen LogP contribution in [0.5, 0.6) is 11.5 Å². The SMILES string of the molecule is COc1ccc(N[C@H](C)C(=O)N2CCN(Cc3ccccc3)CC2)cc1OC(F)F. The second kappa shape index (κ2) is 10.2. The Morgan fingerprint density at radius 2 is 1.77 bits per heavy atom. The van der Waals surface area contributed by atoms with Gasteiger partial charge in [0.15, 0.2) is 11.5 Å². The number of benzene rings is 2. The lowest BCUT2D eigenvalue weighted by molar-refractivity contribution is -0.133. The van der Waals surface area contributed by atoms with Crippen molar-refractivity contribution in [3.8, 4) is 11.5 Å². The van der Waals surface area contributed by atoms with E-state index >= 15 is 0 Å². The molecule has 3 rings (SSSR count). The highest BCUT2D eigenvalue weighted by Crippen LogP contribution is 2.31. The first-order valence-corrected chi connectivity index (χ1v) is 9.90. The molecule has 0 saturated carbocycles. The Kier molecular flexibility index (Phi) is 7.46. The number of nitrogens with one attached hydrogen (secondary N) is 1. The fourth-order valence-corrected chi connectivity index (χ4v) is 3.51. The molecule has 0 aromatic heterocycles. The first kappa shape index (κ1) is 21.8. The second-order valence-corrected chi connectivity index (χ2v) is 7.20. The Balaban J connectivity index is 1.53. The van der Waals surface area contributed by atoms with Crippen molar-refractivity contribution < 1.29 is 23.0 Å². The Hall–Kier alpha value is -2.87. The lowest BCUT2D eigenvalue weighted by Gasteiger charge is -2.36. The summed E-state index contributed by atoms with van der Waals surface area (Å²) in [6.45, 7) is 2.59. The first-order chi connectivity index (χ1) is 14.5. The molecule has 0 spiro atoms. The minimum atomic E-state index is -2.96. The smallest absolute Gasteiger partial charge is 0.387 e. The molecule has 0 bridgehead atoms. The molecule has 162 valence electrons. The lowest BCUT2D eigenvalue weighted by atomic mass is 10.2. The molecule has 1 atom stereocenters. The quantitative estimate of drug-likeness (QED) is 0.711. The van der Waals surface area contributed by atoms with Crippen molar-refractivity contribution in [3.63, 3.8) is 0 Å². The van der Waals surface area contributed by atoms with Crippen molar-refractivity contribution in [2.45, 2.75) is 26.1 Å². The zero-order valence-corrected chi connectivity index (χ0v) is 17.2. The highest BCUT2D eigenvalue weighted by molar-refractivity contribution is 5.84. The lowest BCUT2D eigenvalue weighted by Crippen LogP contribution is -2.51. The molecule has 30 heavy (non-hydrogen) atoms. The molecule has 2 aromatic rings. The number of methoxy groups -OCH3 is 1. The minimum absolute atomic E-state index is 0.0264. The molecule has 8 heteroatoms. The average Bonchev–Trinajstić information content (AvgIpc) is 2.74. The normalized spacial score (nSPS) is 15.7. The highest BCUT2D eigenvalue weighted by Gasteiger charge is 2.25. The third-order valence-corrected chi connectivity index (χ3v) is 5.07. The number of piperazine rings is 1. The van der Waals surface area contributed by atoms with Crippen LogP contribution < -0.4 is 14.8 Å². The zero-order chi connectivity index (χ0) is 21.5. The number of nitrogens with zero attached hydrogens (tertiary/aromatic N) is 2. The van der Waals surface area contributed by atoms with Crippen LogP contribution in [0.1, 0.15) is 12.5 Å². The predicted octanol–water partition coefficient (Wildman–Crippen LogP) is 3.44. The van der Waals surface area contributed by atoms with Crippen molar-refractivity contribution >= 4 is 11.6 Å². The molecular formula is C22H27F2N3O3. The van der Waals surface area contributed by atoms with Crippen molar-refractivity contribution in [1.82, 2.24) is 9.80 Å². The van der Waals surface area contributed by atoms with Crippen LogP contribution in [0.3, 0.4) is 0 Å². The van der Waals surface area contributed by atoms with E-state index in [1.165, 1.54) is 24.8 Å². The van der Waals surface area contributed by atoms with E-state index in [1.54, 1.807) is 13.0 Å². The number of halogens is 2. The number of ether oxygens (including phenoxy) is 2. The van der Waals surface area contributed by atoms with Crippen LogP contribution in [-0.2, 0) is 11.3 Å². The number of rotatable bonds is 8. The van der Waals surface area contributed by atoms with E-state index in [4.69, 9.17) is 4.74 Å². The summed E-state index contributed by atoms with van der Waals surface area (Å²) in [5, 5.41) is 3.07. The number of amides is 1. The van der Waals surface area contributed by atoms with Gasteiger partial charge in [0.25, 0.3) is 0 Å².